The van der Waals surface area contributed by atoms with Crippen LogP contribution in [0.15, 0.2) is 0 Å². The third kappa shape index (κ3) is 5.50. The number of carbonyl (C=O) groups is 1. The largest absolute Gasteiger partial charge is 0.480 e. The van der Waals surface area contributed by atoms with E-state index in [0.29, 0.717) is 6.42 Å². The molecule has 0 rings (SSSR count). The molecule has 1 N–H and O–H groups in total. The molecule has 0 aromatic heterocycles. The number of carboxylic acids is 1. The van der Waals surface area contributed by atoms with E-state index in [9.17, 15) is 4.79 Å². The highest BCUT2D eigenvalue weighted by Crippen LogP contribution is 2.14. The third-order valence-electron chi connectivity index (χ3n) is 2.27. The SMILES string of the molecule is CCC(SCCN(CC)CC)C(=O)O. The molecule has 0 radical (unpaired) electrons. The van der Waals surface area contributed by atoms with Crippen LogP contribution < -0.4 is 0 Å². The minimum absolute atomic E-state index is 0.231. The van der Waals surface area contributed by atoms with E-state index in [1.54, 1.807) is 11.8 Å². The molecule has 1 unspecified atom stereocenters. The topological polar surface area (TPSA) is 40.5 Å². The number of thioether (sulfide) groups is 1. The van der Waals surface area contributed by atoms with E-state index >= 15 is 0 Å². The van der Waals surface area contributed by atoms with Crippen molar-refractivity contribution in [3.63, 3.8) is 0 Å². The lowest BCUT2D eigenvalue weighted by Gasteiger charge is -2.18. The van der Waals surface area contributed by atoms with Gasteiger partial charge in [0.25, 0.3) is 0 Å². The number of rotatable bonds is 8. The molecule has 0 fully saturated rings. The zero-order chi connectivity index (χ0) is 11.0. The number of carboxylic acid groups (broad SMARTS) is 1. The highest BCUT2D eigenvalue weighted by Gasteiger charge is 2.14. The predicted molar refractivity (Wildman–Crippen MR) is 62.0 cm³/mol. The highest BCUT2D eigenvalue weighted by molar-refractivity contribution is 8.00. The number of aliphatic carboxylic acids is 1. The lowest BCUT2D eigenvalue weighted by molar-refractivity contribution is -0.136. The van der Waals surface area contributed by atoms with Gasteiger partial charge < -0.3 is 10.0 Å². The summed E-state index contributed by atoms with van der Waals surface area (Å²) in [7, 11) is 0. The van der Waals surface area contributed by atoms with Gasteiger partial charge in [-0.05, 0) is 19.5 Å². The molecule has 0 aliphatic rings. The molecule has 0 aromatic carbocycles. The van der Waals surface area contributed by atoms with E-state index in [1.165, 1.54) is 0 Å². The van der Waals surface area contributed by atoms with Gasteiger partial charge in [0, 0.05) is 12.3 Å². The summed E-state index contributed by atoms with van der Waals surface area (Å²) in [6.45, 7) is 9.25. The lowest BCUT2D eigenvalue weighted by Crippen LogP contribution is -2.26. The average molecular weight is 219 g/mol. The summed E-state index contributed by atoms with van der Waals surface area (Å²) in [4.78, 5) is 13.0. The average Bonchev–Trinajstić information content (AvgIpc) is 2.18. The monoisotopic (exact) mass is 219 g/mol. The van der Waals surface area contributed by atoms with Crippen molar-refractivity contribution in [2.75, 3.05) is 25.4 Å². The summed E-state index contributed by atoms with van der Waals surface area (Å²) >= 11 is 1.55. The number of nitrogens with zero attached hydrogens (tertiary/aromatic N) is 1. The summed E-state index contributed by atoms with van der Waals surface area (Å²) in [6, 6.07) is 0. The second kappa shape index (κ2) is 8.12. The molecule has 0 amide bonds. The van der Waals surface area contributed by atoms with Crippen molar-refractivity contribution < 1.29 is 9.90 Å². The zero-order valence-corrected chi connectivity index (χ0v) is 10.1. The molecule has 0 saturated heterocycles. The van der Waals surface area contributed by atoms with Crippen molar-refractivity contribution >= 4 is 17.7 Å². The van der Waals surface area contributed by atoms with Gasteiger partial charge in [0.15, 0.2) is 0 Å². The summed E-state index contributed by atoms with van der Waals surface area (Å²) in [6.07, 6.45) is 0.707. The molecular weight excluding hydrogens is 198 g/mol. The van der Waals surface area contributed by atoms with Crippen LogP contribution in [0.2, 0.25) is 0 Å². The molecular formula is C10H21NO2S. The van der Waals surface area contributed by atoms with Crippen LogP contribution in [0, 0.1) is 0 Å². The van der Waals surface area contributed by atoms with Crippen molar-refractivity contribution in [1.29, 1.82) is 0 Å². The van der Waals surface area contributed by atoms with Crippen molar-refractivity contribution in [3.05, 3.63) is 0 Å². The van der Waals surface area contributed by atoms with E-state index in [1.807, 2.05) is 6.92 Å². The number of hydrogen-bond acceptors (Lipinski definition) is 3. The van der Waals surface area contributed by atoms with Crippen LogP contribution in [0.3, 0.4) is 0 Å². The van der Waals surface area contributed by atoms with E-state index in [4.69, 9.17) is 5.11 Å². The van der Waals surface area contributed by atoms with Crippen LogP contribution in [-0.4, -0.2) is 46.6 Å². The fourth-order valence-corrected chi connectivity index (χ4v) is 2.25. The standard InChI is InChI=1S/C10H21NO2S/c1-4-9(10(12)13)14-8-7-11(5-2)6-3/h9H,4-8H2,1-3H3,(H,12,13). The first-order valence-electron chi connectivity index (χ1n) is 5.22. The van der Waals surface area contributed by atoms with Crippen LogP contribution in [-0.2, 0) is 4.79 Å². The van der Waals surface area contributed by atoms with Gasteiger partial charge in [-0.25, -0.2) is 0 Å². The molecule has 0 aromatic rings. The maximum Gasteiger partial charge on any atom is 0.316 e. The van der Waals surface area contributed by atoms with Crippen LogP contribution in [0.4, 0.5) is 0 Å². The lowest BCUT2D eigenvalue weighted by atomic mass is 10.3. The second-order valence-corrected chi connectivity index (χ2v) is 4.44. The molecule has 0 spiro atoms. The maximum absolute atomic E-state index is 10.7. The van der Waals surface area contributed by atoms with Crippen LogP contribution in [0.1, 0.15) is 27.2 Å². The molecule has 1 atom stereocenters. The Morgan fingerprint density at radius 3 is 2.29 bits per heavy atom. The quantitative estimate of drug-likeness (QED) is 0.677. The Bertz CT molecular complexity index is 160. The highest BCUT2D eigenvalue weighted by atomic mass is 32.2. The summed E-state index contributed by atoms with van der Waals surface area (Å²) < 4.78 is 0. The molecule has 14 heavy (non-hydrogen) atoms. The van der Waals surface area contributed by atoms with E-state index < -0.39 is 5.97 Å². The van der Waals surface area contributed by atoms with Gasteiger partial charge in [-0.15, -0.1) is 11.8 Å². The van der Waals surface area contributed by atoms with Crippen molar-refractivity contribution in [3.8, 4) is 0 Å². The smallest absolute Gasteiger partial charge is 0.316 e. The molecule has 0 aliphatic heterocycles. The van der Waals surface area contributed by atoms with Crippen molar-refractivity contribution in [1.82, 2.24) is 4.90 Å². The van der Waals surface area contributed by atoms with Crippen LogP contribution in [0.25, 0.3) is 0 Å². The summed E-state index contributed by atoms with van der Waals surface area (Å²) in [5.74, 6) is 0.226. The molecule has 0 aliphatic carbocycles. The molecule has 84 valence electrons. The first kappa shape index (κ1) is 13.8. The van der Waals surface area contributed by atoms with E-state index in [2.05, 4.69) is 18.7 Å². The van der Waals surface area contributed by atoms with Crippen molar-refractivity contribution in [2.24, 2.45) is 0 Å². The fourth-order valence-electron chi connectivity index (χ4n) is 1.23. The second-order valence-electron chi connectivity index (χ2n) is 3.13. The Hall–Kier alpha value is -0.220. The first-order valence-corrected chi connectivity index (χ1v) is 6.27. The van der Waals surface area contributed by atoms with Crippen molar-refractivity contribution in [2.45, 2.75) is 32.4 Å². The molecule has 4 heteroatoms. The van der Waals surface area contributed by atoms with E-state index in [0.717, 1.165) is 25.4 Å². The third-order valence-corrected chi connectivity index (χ3v) is 3.62. The van der Waals surface area contributed by atoms with Gasteiger partial charge in [0.1, 0.15) is 5.25 Å². The minimum atomic E-state index is -0.683. The predicted octanol–water partition coefficient (Wildman–Crippen LogP) is 1.92. The first-order chi connectivity index (χ1) is 6.65. The minimum Gasteiger partial charge on any atom is -0.480 e. The number of hydrogen-bond donors (Lipinski definition) is 1. The Kier molecular flexibility index (Phi) is 7.99. The molecule has 3 nitrogen and oxygen atoms in total. The molecule has 0 saturated carbocycles. The van der Waals surface area contributed by atoms with Gasteiger partial charge in [-0.3, -0.25) is 4.79 Å². The fraction of sp³-hybridized carbons (Fsp3) is 0.900. The van der Waals surface area contributed by atoms with Gasteiger partial charge in [-0.1, -0.05) is 20.8 Å². The summed E-state index contributed by atoms with van der Waals surface area (Å²) in [5, 5.41) is 8.59. The van der Waals surface area contributed by atoms with Gasteiger partial charge in [-0.2, -0.15) is 0 Å². The molecule has 0 bridgehead atoms. The Morgan fingerprint density at radius 2 is 1.93 bits per heavy atom. The normalized spacial score (nSPS) is 13.1. The van der Waals surface area contributed by atoms with Gasteiger partial charge in [0.05, 0.1) is 0 Å². The van der Waals surface area contributed by atoms with Gasteiger partial charge in [0.2, 0.25) is 0 Å². The Labute approximate surface area is 90.9 Å². The Balaban J connectivity index is 3.65. The summed E-state index contributed by atoms with van der Waals surface area (Å²) in [5.41, 5.74) is 0. The Morgan fingerprint density at radius 1 is 1.36 bits per heavy atom. The zero-order valence-electron chi connectivity index (χ0n) is 9.32. The van der Waals surface area contributed by atoms with Crippen LogP contribution >= 0.6 is 11.8 Å². The molecule has 0 heterocycles. The van der Waals surface area contributed by atoms with Gasteiger partial charge >= 0.3 is 5.97 Å². The van der Waals surface area contributed by atoms with E-state index in [-0.39, 0.29) is 5.25 Å². The maximum atomic E-state index is 10.7. The van der Waals surface area contributed by atoms with Crippen LogP contribution in [0.5, 0.6) is 0 Å².